The predicted molar refractivity (Wildman–Crippen MR) is 87.8 cm³/mol. The minimum absolute atomic E-state index is 0.0943. The van der Waals surface area contributed by atoms with Crippen LogP contribution < -0.4 is 15.8 Å². The van der Waals surface area contributed by atoms with Crippen LogP contribution in [0.25, 0.3) is 0 Å². The Kier molecular flexibility index (Phi) is 4.53. The fraction of sp³-hybridized carbons (Fsp3) is 0.412. The predicted octanol–water partition coefficient (Wildman–Crippen LogP) is 2.22. The number of hydrogen-bond acceptors (Lipinski definition) is 5. The molecule has 22 heavy (non-hydrogen) atoms. The van der Waals surface area contributed by atoms with Crippen LogP contribution in [0.2, 0.25) is 0 Å². The normalized spacial score (nSPS) is 21.4. The third-order valence-corrected chi connectivity index (χ3v) is 3.97. The Morgan fingerprint density at radius 3 is 3.05 bits per heavy atom. The quantitative estimate of drug-likeness (QED) is 0.818. The summed E-state index contributed by atoms with van der Waals surface area (Å²) in [5.41, 5.74) is 9.06. The summed E-state index contributed by atoms with van der Waals surface area (Å²) in [6.45, 7) is 2.62. The Labute approximate surface area is 131 Å². The van der Waals surface area contributed by atoms with Crippen LogP contribution in [0.15, 0.2) is 41.3 Å². The summed E-state index contributed by atoms with van der Waals surface area (Å²) in [6.07, 6.45) is 13.2. The maximum Gasteiger partial charge on any atom is 0.216 e. The SMILES string of the molecule is Cc1cc(CN=CC2=CNC=CC2N)cnc1OC1CCC1. The van der Waals surface area contributed by atoms with Crippen LogP contribution >= 0.6 is 0 Å². The number of nitrogens with two attached hydrogens (primary N) is 1. The van der Waals surface area contributed by atoms with Crippen molar-refractivity contribution in [1.82, 2.24) is 10.3 Å². The molecule has 1 aromatic rings. The first-order chi connectivity index (χ1) is 10.7. The van der Waals surface area contributed by atoms with Gasteiger partial charge in [-0.3, -0.25) is 4.99 Å². The van der Waals surface area contributed by atoms with Gasteiger partial charge in [-0.05, 0) is 50.1 Å². The highest BCUT2D eigenvalue weighted by molar-refractivity contribution is 5.81. The van der Waals surface area contributed by atoms with E-state index in [0.29, 0.717) is 12.6 Å². The minimum Gasteiger partial charge on any atom is -0.474 e. The number of pyridine rings is 1. The van der Waals surface area contributed by atoms with Gasteiger partial charge in [0, 0.05) is 29.7 Å². The first-order valence-electron chi connectivity index (χ1n) is 7.73. The molecule has 0 radical (unpaired) electrons. The zero-order chi connectivity index (χ0) is 15.4. The van der Waals surface area contributed by atoms with Gasteiger partial charge < -0.3 is 15.8 Å². The van der Waals surface area contributed by atoms with Crippen molar-refractivity contribution in [3.63, 3.8) is 0 Å². The largest absolute Gasteiger partial charge is 0.474 e. The van der Waals surface area contributed by atoms with Crippen molar-refractivity contribution >= 4 is 6.21 Å². The van der Waals surface area contributed by atoms with Crippen LogP contribution in [0.1, 0.15) is 30.4 Å². The number of aromatic nitrogens is 1. The Bertz CT molecular complexity index is 617. The van der Waals surface area contributed by atoms with E-state index in [0.717, 1.165) is 35.4 Å². The molecule has 1 aliphatic carbocycles. The van der Waals surface area contributed by atoms with Crippen molar-refractivity contribution < 1.29 is 4.74 Å². The highest BCUT2D eigenvalue weighted by Gasteiger charge is 2.20. The van der Waals surface area contributed by atoms with Gasteiger partial charge in [-0.2, -0.15) is 0 Å². The van der Waals surface area contributed by atoms with E-state index >= 15 is 0 Å². The van der Waals surface area contributed by atoms with Gasteiger partial charge in [0.05, 0.1) is 12.6 Å². The number of aliphatic imine (C=N–C) groups is 1. The average Bonchev–Trinajstić information content (AvgIpc) is 2.46. The van der Waals surface area contributed by atoms with Gasteiger partial charge >= 0.3 is 0 Å². The maximum absolute atomic E-state index is 5.95. The molecule has 3 rings (SSSR count). The van der Waals surface area contributed by atoms with Crippen LogP contribution in [-0.2, 0) is 6.54 Å². The molecule has 1 fully saturated rings. The zero-order valence-electron chi connectivity index (χ0n) is 12.8. The standard InChI is InChI=1S/C17H22N4O/c1-12-7-13(9-21-17(12)22-15-3-2-4-15)8-20-11-14-10-19-6-5-16(14)18/h5-7,9-11,15-16,19H,2-4,8,18H2,1H3. The molecule has 0 saturated heterocycles. The smallest absolute Gasteiger partial charge is 0.216 e. The summed E-state index contributed by atoms with van der Waals surface area (Å²) in [5, 5.41) is 3.02. The summed E-state index contributed by atoms with van der Waals surface area (Å²) < 4.78 is 5.86. The van der Waals surface area contributed by atoms with E-state index in [1.807, 2.05) is 37.8 Å². The Morgan fingerprint density at radius 2 is 2.36 bits per heavy atom. The topological polar surface area (TPSA) is 72.5 Å². The first-order valence-corrected chi connectivity index (χ1v) is 7.73. The molecule has 5 heteroatoms. The maximum atomic E-state index is 5.95. The van der Waals surface area contributed by atoms with E-state index < -0.39 is 0 Å². The molecule has 0 aromatic carbocycles. The zero-order valence-corrected chi connectivity index (χ0v) is 12.8. The van der Waals surface area contributed by atoms with Gasteiger partial charge in [0.15, 0.2) is 0 Å². The summed E-state index contributed by atoms with van der Waals surface area (Å²) in [4.78, 5) is 8.87. The van der Waals surface area contributed by atoms with Gasteiger partial charge in [-0.25, -0.2) is 4.98 Å². The molecule has 1 atom stereocenters. The van der Waals surface area contributed by atoms with Crippen LogP contribution in [0.3, 0.4) is 0 Å². The highest BCUT2D eigenvalue weighted by atomic mass is 16.5. The summed E-state index contributed by atoms with van der Waals surface area (Å²) in [5.74, 6) is 0.753. The van der Waals surface area contributed by atoms with E-state index in [1.54, 1.807) is 0 Å². The van der Waals surface area contributed by atoms with Crippen molar-refractivity contribution in [2.24, 2.45) is 10.7 Å². The number of ether oxygens (including phenoxy) is 1. The molecule has 3 N–H and O–H groups in total. The van der Waals surface area contributed by atoms with E-state index in [9.17, 15) is 0 Å². The van der Waals surface area contributed by atoms with Gasteiger partial charge in [0.25, 0.3) is 0 Å². The number of dihydropyridines is 1. The van der Waals surface area contributed by atoms with Crippen LogP contribution in [-0.4, -0.2) is 23.3 Å². The van der Waals surface area contributed by atoms with Gasteiger partial charge in [-0.15, -0.1) is 0 Å². The molecular formula is C17H22N4O. The molecule has 2 aliphatic rings. The van der Waals surface area contributed by atoms with Gasteiger partial charge in [-0.1, -0.05) is 0 Å². The lowest BCUT2D eigenvalue weighted by Gasteiger charge is -2.26. The van der Waals surface area contributed by atoms with Gasteiger partial charge in [0.2, 0.25) is 5.88 Å². The third-order valence-electron chi connectivity index (χ3n) is 3.97. The molecule has 1 unspecified atom stereocenters. The van der Waals surface area contributed by atoms with E-state index in [-0.39, 0.29) is 6.04 Å². The van der Waals surface area contributed by atoms with Crippen molar-refractivity contribution in [1.29, 1.82) is 0 Å². The van der Waals surface area contributed by atoms with E-state index in [4.69, 9.17) is 10.5 Å². The summed E-state index contributed by atoms with van der Waals surface area (Å²) in [7, 11) is 0. The second-order valence-electron chi connectivity index (χ2n) is 5.80. The molecule has 1 saturated carbocycles. The number of nitrogens with one attached hydrogen (secondary N) is 1. The third kappa shape index (κ3) is 3.54. The summed E-state index contributed by atoms with van der Waals surface area (Å²) >= 11 is 0. The molecule has 0 bridgehead atoms. The number of hydrogen-bond donors (Lipinski definition) is 2. The molecule has 5 nitrogen and oxygen atoms in total. The molecule has 1 aliphatic heterocycles. The second kappa shape index (κ2) is 6.75. The first kappa shape index (κ1) is 14.8. The molecular weight excluding hydrogens is 276 g/mol. The summed E-state index contributed by atoms with van der Waals surface area (Å²) in [6, 6.07) is 1.99. The van der Waals surface area contributed by atoms with Crippen molar-refractivity contribution in [2.45, 2.75) is 44.9 Å². The monoisotopic (exact) mass is 298 g/mol. The minimum atomic E-state index is -0.0943. The van der Waals surface area contributed by atoms with E-state index in [2.05, 4.69) is 21.4 Å². The van der Waals surface area contributed by atoms with Crippen molar-refractivity contribution in [2.75, 3.05) is 0 Å². The van der Waals surface area contributed by atoms with Crippen LogP contribution in [0.5, 0.6) is 5.88 Å². The van der Waals surface area contributed by atoms with Crippen LogP contribution in [0.4, 0.5) is 0 Å². The van der Waals surface area contributed by atoms with Crippen molar-refractivity contribution in [3.8, 4) is 5.88 Å². The second-order valence-corrected chi connectivity index (χ2v) is 5.80. The molecule has 0 spiro atoms. The lowest BCUT2D eigenvalue weighted by atomic mass is 9.96. The number of rotatable bonds is 5. The Morgan fingerprint density at radius 1 is 1.50 bits per heavy atom. The Hall–Kier alpha value is -2.14. The number of nitrogens with zero attached hydrogens (tertiary/aromatic N) is 2. The van der Waals surface area contributed by atoms with Crippen LogP contribution in [0, 0.1) is 6.92 Å². The Balaban J connectivity index is 1.58. The fourth-order valence-corrected chi connectivity index (χ4v) is 2.37. The van der Waals surface area contributed by atoms with Gasteiger partial charge in [0.1, 0.15) is 6.10 Å². The lowest BCUT2D eigenvalue weighted by molar-refractivity contribution is 0.113. The fourth-order valence-electron chi connectivity index (χ4n) is 2.37. The molecule has 0 amide bonds. The number of aryl methyl sites for hydroxylation is 1. The molecule has 2 heterocycles. The van der Waals surface area contributed by atoms with Crippen molar-refractivity contribution in [3.05, 3.63) is 47.4 Å². The highest BCUT2D eigenvalue weighted by Crippen LogP contribution is 2.26. The molecule has 116 valence electrons. The van der Waals surface area contributed by atoms with E-state index in [1.165, 1.54) is 6.42 Å². The molecule has 1 aromatic heterocycles. The lowest BCUT2D eigenvalue weighted by Crippen LogP contribution is -2.25. The average molecular weight is 298 g/mol.